The van der Waals surface area contributed by atoms with Gasteiger partial charge in [-0.2, -0.15) is 0 Å². The molecule has 1 heterocycles. The van der Waals surface area contributed by atoms with E-state index in [-0.39, 0.29) is 23.7 Å². The number of nitrogens with one attached hydrogen (secondary N) is 2. The second-order valence-corrected chi connectivity index (χ2v) is 5.10. The van der Waals surface area contributed by atoms with Gasteiger partial charge in [0.25, 0.3) is 0 Å². The summed E-state index contributed by atoms with van der Waals surface area (Å²) in [5.74, 6) is 0.158. The summed E-state index contributed by atoms with van der Waals surface area (Å²) >= 11 is 0. The zero-order valence-corrected chi connectivity index (χ0v) is 11.8. The standard InChI is InChI=1S/C14H20N2O.ClH/c1-11-5-3-4-6-12(11)9-16-13(17)14(2)7-8-15-10-14;/h3-6,15H,7-10H2,1-2H3,(H,16,17);1H. The van der Waals surface area contributed by atoms with Gasteiger partial charge in [0.2, 0.25) is 5.91 Å². The van der Waals surface area contributed by atoms with Crippen LogP contribution in [0.2, 0.25) is 0 Å². The third-order valence-corrected chi connectivity index (χ3v) is 3.62. The molecule has 1 aliphatic heterocycles. The van der Waals surface area contributed by atoms with Crippen LogP contribution in [0.25, 0.3) is 0 Å². The molecule has 1 amide bonds. The first-order valence-corrected chi connectivity index (χ1v) is 6.15. The van der Waals surface area contributed by atoms with E-state index in [1.165, 1.54) is 11.1 Å². The van der Waals surface area contributed by atoms with Gasteiger partial charge in [-0.25, -0.2) is 0 Å². The van der Waals surface area contributed by atoms with Crippen LogP contribution in [-0.4, -0.2) is 19.0 Å². The highest BCUT2D eigenvalue weighted by molar-refractivity contribution is 5.85. The molecule has 100 valence electrons. The molecular formula is C14H21ClN2O. The van der Waals surface area contributed by atoms with Crippen molar-refractivity contribution in [3.05, 3.63) is 35.4 Å². The maximum absolute atomic E-state index is 12.1. The van der Waals surface area contributed by atoms with E-state index in [1.807, 2.05) is 19.1 Å². The highest BCUT2D eigenvalue weighted by Crippen LogP contribution is 2.24. The third-order valence-electron chi connectivity index (χ3n) is 3.62. The number of hydrogen-bond donors (Lipinski definition) is 2. The van der Waals surface area contributed by atoms with Gasteiger partial charge in [-0.15, -0.1) is 12.4 Å². The minimum absolute atomic E-state index is 0. The van der Waals surface area contributed by atoms with E-state index < -0.39 is 0 Å². The van der Waals surface area contributed by atoms with E-state index in [1.54, 1.807) is 0 Å². The molecule has 0 saturated carbocycles. The van der Waals surface area contributed by atoms with Crippen molar-refractivity contribution < 1.29 is 4.79 Å². The molecule has 0 spiro atoms. The van der Waals surface area contributed by atoms with Crippen molar-refractivity contribution in [2.45, 2.75) is 26.8 Å². The van der Waals surface area contributed by atoms with Gasteiger partial charge in [-0.05, 0) is 37.9 Å². The van der Waals surface area contributed by atoms with Crippen LogP contribution in [0.15, 0.2) is 24.3 Å². The number of hydrogen-bond acceptors (Lipinski definition) is 2. The quantitative estimate of drug-likeness (QED) is 0.881. The Morgan fingerprint density at radius 1 is 1.44 bits per heavy atom. The van der Waals surface area contributed by atoms with Crippen LogP contribution in [0.4, 0.5) is 0 Å². The van der Waals surface area contributed by atoms with Crippen molar-refractivity contribution in [2.75, 3.05) is 13.1 Å². The minimum atomic E-state index is -0.233. The van der Waals surface area contributed by atoms with Gasteiger partial charge in [0.15, 0.2) is 0 Å². The molecule has 0 radical (unpaired) electrons. The summed E-state index contributed by atoms with van der Waals surface area (Å²) in [6, 6.07) is 8.15. The van der Waals surface area contributed by atoms with E-state index in [2.05, 4.69) is 29.7 Å². The van der Waals surface area contributed by atoms with E-state index in [0.717, 1.165) is 19.5 Å². The molecule has 1 unspecified atom stereocenters. The maximum Gasteiger partial charge on any atom is 0.227 e. The highest BCUT2D eigenvalue weighted by atomic mass is 35.5. The Morgan fingerprint density at radius 2 is 2.17 bits per heavy atom. The Labute approximate surface area is 115 Å². The van der Waals surface area contributed by atoms with E-state index in [9.17, 15) is 4.79 Å². The van der Waals surface area contributed by atoms with Gasteiger partial charge < -0.3 is 10.6 Å². The predicted octanol–water partition coefficient (Wildman–Crippen LogP) is 2.03. The second-order valence-electron chi connectivity index (χ2n) is 5.10. The van der Waals surface area contributed by atoms with Gasteiger partial charge in [-0.1, -0.05) is 24.3 Å². The van der Waals surface area contributed by atoms with Crippen LogP contribution in [0.3, 0.4) is 0 Å². The first-order valence-electron chi connectivity index (χ1n) is 6.15. The maximum atomic E-state index is 12.1. The zero-order valence-electron chi connectivity index (χ0n) is 11.0. The molecule has 0 aliphatic carbocycles. The number of amides is 1. The molecule has 18 heavy (non-hydrogen) atoms. The summed E-state index contributed by atoms with van der Waals surface area (Å²) in [5.41, 5.74) is 2.18. The van der Waals surface area contributed by atoms with Crippen LogP contribution in [-0.2, 0) is 11.3 Å². The molecule has 1 aromatic rings. The van der Waals surface area contributed by atoms with Crippen LogP contribution < -0.4 is 10.6 Å². The van der Waals surface area contributed by atoms with Crippen LogP contribution in [0.5, 0.6) is 0 Å². The van der Waals surface area contributed by atoms with Gasteiger partial charge in [0, 0.05) is 13.1 Å². The normalized spacial score (nSPS) is 22.3. The summed E-state index contributed by atoms with van der Waals surface area (Å²) in [6.45, 7) is 6.45. The zero-order chi connectivity index (χ0) is 12.3. The molecule has 0 aromatic heterocycles. The van der Waals surface area contributed by atoms with Gasteiger partial charge >= 0.3 is 0 Å². The Balaban J connectivity index is 0.00000162. The fourth-order valence-corrected chi connectivity index (χ4v) is 2.21. The van der Waals surface area contributed by atoms with Crippen molar-refractivity contribution in [1.29, 1.82) is 0 Å². The lowest BCUT2D eigenvalue weighted by molar-refractivity contribution is -0.129. The first kappa shape index (κ1) is 15.0. The average Bonchev–Trinajstić information content (AvgIpc) is 2.76. The predicted molar refractivity (Wildman–Crippen MR) is 75.9 cm³/mol. The Bertz CT molecular complexity index is 414. The van der Waals surface area contributed by atoms with Crippen molar-refractivity contribution in [2.24, 2.45) is 5.41 Å². The van der Waals surface area contributed by atoms with E-state index in [0.29, 0.717) is 6.54 Å². The first-order chi connectivity index (χ1) is 8.12. The Hall–Kier alpha value is -1.06. The van der Waals surface area contributed by atoms with Gasteiger partial charge in [0.1, 0.15) is 0 Å². The fourth-order valence-electron chi connectivity index (χ4n) is 2.21. The third kappa shape index (κ3) is 3.24. The molecule has 1 fully saturated rings. The number of halogens is 1. The Kier molecular flexibility index (Phi) is 5.17. The molecule has 2 N–H and O–H groups in total. The lowest BCUT2D eigenvalue weighted by Crippen LogP contribution is -2.40. The van der Waals surface area contributed by atoms with E-state index >= 15 is 0 Å². The molecule has 1 saturated heterocycles. The van der Waals surface area contributed by atoms with E-state index in [4.69, 9.17) is 0 Å². The summed E-state index contributed by atoms with van der Waals surface area (Å²) in [7, 11) is 0. The molecular weight excluding hydrogens is 248 g/mol. The molecule has 2 rings (SSSR count). The van der Waals surface area contributed by atoms with Gasteiger partial charge in [-0.3, -0.25) is 4.79 Å². The minimum Gasteiger partial charge on any atom is -0.352 e. The molecule has 1 atom stereocenters. The number of rotatable bonds is 3. The van der Waals surface area contributed by atoms with Gasteiger partial charge in [0.05, 0.1) is 5.41 Å². The molecule has 0 bridgehead atoms. The summed E-state index contributed by atoms with van der Waals surface area (Å²) in [5, 5.41) is 6.29. The SMILES string of the molecule is Cc1ccccc1CNC(=O)C1(C)CCNC1.Cl. The van der Waals surface area contributed by atoms with Crippen molar-refractivity contribution in [3.63, 3.8) is 0 Å². The number of aryl methyl sites for hydroxylation is 1. The van der Waals surface area contributed by atoms with Crippen molar-refractivity contribution in [1.82, 2.24) is 10.6 Å². The molecule has 1 aromatic carbocycles. The van der Waals surface area contributed by atoms with Crippen molar-refractivity contribution >= 4 is 18.3 Å². The monoisotopic (exact) mass is 268 g/mol. The van der Waals surface area contributed by atoms with Crippen molar-refractivity contribution in [3.8, 4) is 0 Å². The fraction of sp³-hybridized carbons (Fsp3) is 0.500. The lowest BCUT2D eigenvalue weighted by atomic mass is 9.88. The molecule has 1 aliphatic rings. The highest BCUT2D eigenvalue weighted by Gasteiger charge is 2.35. The number of carbonyl (C=O) groups is 1. The topological polar surface area (TPSA) is 41.1 Å². The average molecular weight is 269 g/mol. The van der Waals surface area contributed by atoms with Crippen LogP contribution >= 0.6 is 12.4 Å². The number of carbonyl (C=O) groups excluding carboxylic acids is 1. The number of benzene rings is 1. The Morgan fingerprint density at radius 3 is 2.78 bits per heavy atom. The molecule has 3 nitrogen and oxygen atoms in total. The lowest BCUT2D eigenvalue weighted by Gasteiger charge is -2.21. The summed E-state index contributed by atoms with van der Waals surface area (Å²) in [6.07, 6.45) is 0.923. The second kappa shape index (κ2) is 6.21. The van der Waals surface area contributed by atoms with Crippen LogP contribution in [0.1, 0.15) is 24.5 Å². The molecule has 4 heteroatoms. The summed E-state index contributed by atoms with van der Waals surface area (Å²) in [4.78, 5) is 12.1. The summed E-state index contributed by atoms with van der Waals surface area (Å²) < 4.78 is 0. The smallest absolute Gasteiger partial charge is 0.227 e. The largest absolute Gasteiger partial charge is 0.352 e. The van der Waals surface area contributed by atoms with Crippen LogP contribution in [0, 0.1) is 12.3 Å².